The highest BCUT2D eigenvalue weighted by atomic mass is 16.8. The maximum absolute atomic E-state index is 13.0. The first kappa shape index (κ1) is 28.0. The summed E-state index contributed by atoms with van der Waals surface area (Å²) < 4.78 is 18.5. The van der Waals surface area contributed by atoms with E-state index in [0.717, 1.165) is 23.1 Å². The molecule has 38 heavy (non-hydrogen) atoms. The summed E-state index contributed by atoms with van der Waals surface area (Å²) >= 11 is 0. The second-order valence-corrected chi connectivity index (χ2v) is 11.1. The van der Waals surface area contributed by atoms with Crippen LogP contribution in [0.4, 0.5) is 0 Å². The van der Waals surface area contributed by atoms with E-state index in [1.165, 1.54) is 0 Å². The number of carbonyl (C=O) groups is 2. The zero-order chi connectivity index (χ0) is 27.6. The molecule has 7 heteroatoms. The summed E-state index contributed by atoms with van der Waals surface area (Å²) in [6.07, 6.45) is 3.33. The highest BCUT2D eigenvalue weighted by Crippen LogP contribution is 2.53. The summed E-state index contributed by atoms with van der Waals surface area (Å²) in [5, 5.41) is 19.6. The minimum atomic E-state index is -0.904. The average molecular weight is 523 g/mol. The Bertz CT molecular complexity index is 1180. The molecule has 1 aliphatic heterocycles. The number of hydrogen-bond donors (Lipinski definition) is 2. The lowest BCUT2D eigenvalue weighted by molar-refractivity contribution is -0.153. The smallest absolute Gasteiger partial charge is 0.338 e. The van der Waals surface area contributed by atoms with E-state index in [9.17, 15) is 19.8 Å². The molecule has 1 saturated heterocycles. The molecule has 6 atom stereocenters. The monoisotopic (exact) mass is 522 g/mol. The molecule has 0 amide bonds. The van der Waals surface area contributed by atoms with Gasteiger partial charge in [0.15, 0.2) is 5.79 Å². The molecule has 2 aliphatic rings. The van der Waals surface area contributed by atoms with Crippen molar-refractivity contribution in [1.82, 2.24) is 0 Å². The molecule has 3 unspecified atom stereocenters. The quantitative estimate of drug-likeness (QED) is 0.311. The Balaban J connectivity index is 1.55. The molecule has 2 fully saturated rings. The Kier molecular flexibility index (Phi) is 8.40. The predicted molar refractivity (Wildman–Crippen MR) is 143 cm³/mol. The van der Waals surface area contributed by atoms with Gasteiger partial charge in [0.1, 0.15) is 12.2 Å². The number of carboxylic acid groups (broad SMARTS) is 1. The van der Waals surface area contributed by atoms with Gasteiger partial charge in [-0.05, 0) is 95.1 Å². The third-order valence-electron chi connectivity index (χ3n) is 7.18. The average Bonchev–Trinajstić information content (AvgIpc) is 3.52. The summed E-state index contributed by atoms with van der Waals surface area (Å²) in [7, 11) is 0. The number of aliphatic hydroxyl groups is 1. The molecule has 7 nitrogen and oxygen atoms in total. The Morgan fingerprint density at radius 1 is 1.16 bits per heavy atom. The molecule has 2 aromatic rings. The van der Waals surface area contributed by atoms with Crippen LogP contribution in [0.15, 0.2) is 54.6 Å². The van der Waals surface area contributed by atoms with Crippen molar-refractivity contribution in [3.05, 3.63) is 82.4 Å². The van der Waals surface area contributed by atoms with Crippen molar-refractivity contribution in [1.29, 1.82) is 0 Å². The molecule has 4 rings (SSSR count). The minimum absolute atomic E-state index is 0.128. The fourth-order valence-corrected chi connectivity index (χ4v) is 5.49. The molecule has 0 aromatic heterocycles. The van der Waals surface area contributed by atoms with Crippen LogP contribution in [0.5, 0.6) is 0 Å². The normalized spacial score (nSPS) is 25.7. The Labute approximate surface area is 224 Å². The number of hydrogen-bond acceptors (Lipinski definition) is 6. The van der Waals surface area contributed by atoms with Crippen LogP contribution in [0.25, 0.3) is 0 Å². The first-order valence-corrected chi connectivity index (χ1v) is 13.3. The topological polar surface area (TPSA) is 102 Å². The van der Waals surface area contributed by atoms with Crippen molar-refractivity contribution >= 4 is 11.9 Å². The summed E-state index contributed by atoms with van der Waals surface area (Å²) in [6, 6.07) is 12.7. The third-order valence-corrected chi connectivity index (χ3v) is 7.18. The zero-order valence-electron chi connectivity index (χ0n) is 22.7. The number of carboxylic acids is 1. The molecule has 1 heterocycles. The molecular formula is C31H38O7. The molecule has 0 radical (unpaired) electrons. The second kappa shape index (κ2) is 11.4. The van der Waals surface area contributed by atoms with Crippen LogP contribution >= 0.6 is 0 Å². The van der Waals surface area contributed by atoms with E-state index in [2.05, 4.69) is 0 Å². The van der Waals surface area contributed by atoms with E-state index in [4.69, 9.17) is 14.2 Å². The molecule has 2 aromatic carbocycles. The Morgan fingerprint density at radius 3 is 2.53 bits per heavy atom. The van der Waals surface area contributed by atoms with Gasteiger partial charge in [-0.25, -0.2) is 9.59 Å². The summed E-state index contributed by atoms with van der Waals surface area (Å²) in [5.41, 5.74) is 3.52. The highest BCUT2D eigenvalue weighted by Gasteiger charge is 2.50. The van der Waals surface area contributed by atoms with Gasteiger partial charge in [-0.2, -0.15) is 0 Å². The molecule has 0 bridgehead atoms. The van der Waals surface area contributed by atoms with Crippen molar-refractivity contribution in [3.63, 3.8) is 0 Å². The van der Waals surface area contributed by atoms with Crippen LogP contribution in [-0.2, 0) is 14.2 Å². The van der Waals surface area contributed by atoms with Gasteiger partial charge in [0.05, 0.1) is 23.3 Å². The predicted octanol–water partition coefficient (Wildman–Crippen LogP) is 5.57. The summed E-state index contributed by atoms with van der Waals surface area (Å²) in [6.45, 7) is 9.20. The molecule has 1 aliphatic carbocycles. The van der Waals surface area contributed by atoms with E-state index in [0.29, 0.717) is 24.0 Å². The minimum Gasteiger partial charge on any atom is -0.478 e. The van der Waals surface area contributed by atoms with Gasteiger partial charge in [-0.3, -0.25) is 0 Å². The van der Waals surface area contributed by atoms with E-state index in [-0.39, 0.29) is 17.9 Å². The van der Waals surface area contributed by atoms with Crippen molar-refractivity contribution in [3.8, 4) is 0 Å². The highest BCUT2D eigenvalue weighted by molar-refractivity contribution is 5.91. The van der Waals surface area contributed by atoms with Crippen LogP contribution < -0.4 is 0 Å². The molecule has 204 valence electrons. The second-order valence-electron chi connectivity index (χ2n) is 11.1. The fourth-order valence-electron chi connectivity index (χ4n) is 5.49. The van der Waals surface area contributed by atoms with Gasteiger partial charge in [0, 0.05) is 0 Å². The Hall–Kier alpha value is -3.00. The van der Waals surface area contributed by atoms with Gasteiger partial charge in [-0.1, -0.05) is 42.0 Å². The van der Waals surface area contributed by atoms with Crippen molar-refractivity contribution in [2.75, 3.05) is 0 Å². The van der Waals surface area contributed by atoms with Crippen LogP contribution in [-0.4, -0.2) is 52.4 Å². The van der Waals surface area contributed by atoms with Crippen LogP contribution in [0.2, 0.25) is 0 Å². The molecule has 0 spiro atoms. The molecule has 2 N–H and O–H groups in total. The summed E-state index contributed by atoms with van der Waals surface area (Å²) in [5.74, 6) is -1.88. The number of benzene rings is 2. The number of carbonyl (C=O) groups excluding carboxylic acids is 1. The maximum atomic E-state index is 13.0. The van der Waals surface area contributed by atoms with Gasteiger partial charge in [0.2, 0.25) is 0 Å². The lowest BCUT2D eigenvalue weighted by Crippen LogP contribution is -2.38. The number of aliphatic hydroxyl groups excluding tert-OH is 1. The molecule has 1 saturated carbocycles. The standard InChI is InChI=1S/C31H38O7/c1-18-14-19(2)27(29(33)34)24(15-18)23-16-22(23)17-26-28(38-31(4,5)37-26)25(13-9-10-20(3)32)36-30(35)21-11-7-6-8-12-21/h6-9,11-15,20,22-23,25-26,28,32H,10,16-17H2,1-5H3,(H,33,34)/b13-9-/t20-,22?,23?,25?,26+,28+/m0/s1. The van der Waals surface area contributed by atoms with Crippen LogP contribution in [0, 0.1) is 19.8 Å². The third kappa shape index (κ3) is 6.70. The van der Waals surface area contributed by atoms with E-state index in [1.54, 1.807) is 43.3 Å². The number of ether oxygens (including phenoxy) is 3. The first-order valence-electron chi connectivity index (χ1n) is 13.3. The van der Waals surface area contributed by atoms with Crippen LogP contribution in [0.1, 0.15) is 83.4 Å². The first-order chi connectivity index (χ1) is 17.9. The maximum Gasteiger partial charge on any atom is 0.338 e. The van der Waals surface area contributed by atoms with E-state index >= 15 is 0 Å². The van der Waals surface area contributed by atoms with E-state index in [1.807, 2.05) is 45.9 Å². The molecular weight excluding hydrogens is 484 g/mol. The van der Waals surface area contributed by atoms with Gasteiger partial charge >= 0.3 is 11.9 Å². The van der Waals surface area contributed by atoms with E-state index < -0.39 is 36.0 Å². The van der Waals surface area contributed by atoms with Crippen LogP contribution in [0.3, 0.4) is 0 Å². The lowest BCUT2D eigenvalue weighted by Gasteiger charge is -2.25. The van der Waals surface area contributed by atoms with Crippen molar-refractivity contribution in [2.24, 2.45) is 5.92 Å². The van der Waals surface area contributed by atoms with Crippen molar-refractivity contribution in [2.45, 2.75) is 90.0 Å². The van der Waals surface area contributed by atoms with Crippen molar-refractivity contribution < 1.29 is 34.0 Å². The largest absolute Gasteiger partial charge is 0.478 e. The van der Waals surface area contributed by atoms with Gasteiger partial charge in [0.25, 0.3) is 0 Å². The SMILES string of the molecule is Cc1cc(C)c(C(=O)O)c(C2CC2C[C@H]2OC(C)(C)O[C@@H]2C(/C=C\C[C@H](C)O)OC(=O)c2ccccc2)c1. The lowest BCUT2D eigenvalue weighted by atomic mass is 9.93. The number of aromatic carboxylic acids is 1. The Morgan fingerprint density at radius 2 is 1.87 bits per heavy atom. The zero-order valence-corrected chi connectivity index (χ0v) is 22.7. The summed E-state index contributed by atoms with van der Waals surface area (Å²) in [4.78, 5) is 25.0. The number of aryl methyl sites for hydroxylation is 2. The number of esters is 1. The number of rotatable bonds is 10. The van der Waals surface area contributed by atoms with Gasteiger partial charge < -0.3 is 24.4 Å². The van der Waals surface area contributed by atoms with Gasteiger partial charge in [-0.15, -0.1) is 0 Å². The fraction of sp³-hybridized carbons (Fsp3) is 0.484.